The van der Waals surface area contributed by atoms with Gasteiger partial charge in [-0.25, -0.2) is 0 Å². The van der Waals surface area contributed by atoms with Crippen molar-refractivity contribution in [1.82, 2.24) is 4.98 Å². The summed E-state index contributed by atoms with van der Waals surface area (Å²) in [4.78, 5) is 3.10. The Bertz CT molecular complexity index is 364. The SMILES string of the molecule is Cc1cncc(C(F)(F)F)c1C(F)(F)F. The van der Waals surface area contributed by atoms with E-state index in [2.05, 4.69) is 4.98 Å². The summed E-state index contributed by atoms with van der Waals surface area (Å²) < 4.78 is 73.6. The predicted octanol–water partition coefficient (Wildman–Crippen LogP) is 3.43. The second-order valence-electron chi connectivity index (χ2n) is 2.87. The molecule has 1 rings (SSSR count). The van der Waals surface area contributed by atoms with Gasteiger partial charge in [-0.1, -0.05) is 0 Å². The second kappa shape index (κ2) is 3.39. The van der Waals surface area contributed by atoms with Gasteiger partial charge in [-0.05, 0) is 12.5 Å². The molecule has 1 aromatic rings. The van der Waals surface area contributed by atoms with Gasteiger partial charge in [-0.15, -0.1) is 0 Å². The van der Waals surface area contributed by atoms with E-state index in [1.807, 2.05) is 0 Å². The maximum Gasteiger partial charge on any atom is 0.418 e. The zero-order valence-electron chi connectivity index (χ0n) is 7.37. The Balaban J connectivity index is 3.48. The molecule has 0 saturated heterocycles. The number of aromatic nitrogens is 1. The number of rotatable bonds is 0. The molecule has 7 heteroatoms. The largest absolute Gasteiger partial charge is 0.418 e. The molecular weight excluding hydrogens is 224 g/mol. The molecule has 1 heterocycles. The van der Waals surface area contributed by atoms with E-state index in [-0.39, 0.29) is 6.20 Å². The van der Waals surface area contributed by atoms with E-state index in [1.165, 1.54) is 0 Å². The smallest absolute Gasteiger partial charge is 0.264 e. The van der Waals surface area contributed by atoms with Crippen molar-refractivity contribution in [2.75, 3.05) is 0 Å². The molecule has 0 aliphatic carbocycles. The van der Waals surface area contributed by atoms with Crippen LogP contribution in [0.4, 0.5) is 26.3 Å². The van der Waals surface area contributed by atoms with Gasteiger partial charge >= 0.3 is 12.4 Å². The molecule has 0 amide bonds. The first kappa shape index (κ1) is 11.8. The lowest BCUT2D eigenvalue weighted by molar-refractivity contribution is -0.162. The van der Waals surface area contributed by atoms with Gasteiger partial charge in [0, 0.05) is 12.4 Å². The number of pyridine rings is 1. The Morgan fingerprint density at radius 3 is 1.80 bits per heavy atom. The monoisotopic (exact) mass is 229 g/mol. The fourth-order valence-electron chi connectivity index (χ4n) is 1.16. The standard InChI is InChI=1S/C8H5F6N/c1-4-2-15-3-5(7(9,10)11)6(4)8(12,13)14/h2-3H,1H3. The summed E-state index contributed by atoms with van der Waals surface area (Å²) in [5, 5.41) is 0. The Labute approximate surface area is 80.7 Å². The van der Waals surface area contributed by atoms with Crippen LogP contribution in [-0.4, -0.2) is 4.98 Å². The quantitative estimate of drug-likeness (QED) is 0.621. The molecule has 0 atom stereocenters. The first-order valence-electron chi connectivity index (χ1n) is 3.73. The van der Waals surface area contributed by atoms with E-state index in [0.29, 0.717) is 0 Å². The number of alkyl halides is 6. The van der Waals surface area contributed by atoms with Crippen LogP contribution >= 0.6 is 0 Å². The molecule has 0 aliphatic heterocycles. The van der Waals surface area contributed by atoms with Gasteiger partial charge in [-0.2, -0.15) is 26.3 Å². The molecule has 0 fully saturated rings. The fourth-order valence-corrected chi connectivity index (χ4v) is 1.16. The average molecular weight is 229 g/mol. The highest BCUT2D eigenvalue weighted by Gasteiger charge is 2.44. The topological polar surface area (TPSA) is 12.9 Å². The van der Waals surface area contributed by atoms with Crippen molar-refractivity contribution in [3.63, 3.8) is 0 Å². The number of hydrogen-bond donors (Lipinski definition) is 0. The molecule has 0 bridgehead atoms. The minimum absolute atomic E-state index is 0.176. The number of nitrogens with zero attached hydrogens (tertiary/aromatic N) is 1. The molecule has 0 saturated carbocycles. The third-order valence-electron chi connectivity index (χ3n) is 1.72. The van der Waals surface area contributed by atoms with Crippen molar-refractivity contribution in [3.05, 3.63) is 29.1 Å². The van der Waals surface area contributed by atoms with Crippen LogP contribution in [0.3, 0.4) is 0 Å². The van der Waals surface area contributed by atoms with E-state index in [4.69, 9.17) is 0 Å². The Kier molecular flexibility index (Phi) is 2.67. The van der Waals surface area contributed by atoms with E-state index < -0.39 is 29.0 Å². The maximum absolute atomic E-state index is 12.3. The summed E-state index contributed by atoms with van der Waals surface area (Å²) in [6, 6.07) is 0. The summed E-state index contributed by atoms with van der Waals surface area (Å²) in [5.74, 6) is 0. The van der Waals surface area contributed by atoms with Crippen LogP contribution in [0.15, 0.2) is 12.4 Å². The van der Waals surface area contributed by atoms with E-state index in [1.54, 1.807) is 0 Å². The molecule has 0 spiro atoms. The van der Waals surface area contributed by atoms with Gasteiger partial charge in [0.2, 0.25) is 0 Å². The number of aryl methyl sites for hydroxylation is 1. The molecule has 0 aromatic carbocycles. The summed E-state index contributed by atoms with van der Waals surface area (Å²) >= 11 is 0. The highest BCUT2D eigenvalue weighted by molar-refractivity contribution is 5.35. The highest BCUT2D eigenvalue weighted by atomic mass is 19.4. The molecular formula is C8H5F6N. The summed E-state index contributed by atoms with van der Waals surface area (Å²) in [5.41, 5.74) is -3.97. The number of hydrogen-bond acceptors (Lipinski definition) is 1. The molecule has 0 unspecified atom stereocenters. The lowest BCUT2D eigenvalue weighted by atomic mass is 10.0. The van der Waals surface area contributed by atoms with Crippen LogP contribution in [-0.2, 0) is 12.4 Å². The fraction of sp³-hybridized carbons (Fsp3) is 0.375. The predicted molar refractivity (Wildman–Crippen MR) is 39.0 cm³/mol. The summed E-state index contributed by atoms with van der Waals surface area (Å²) in [7, 11) is 0. The highest BCUT2D eigenvalue weighted by Crippen LogP contribution is 2.41. The Morgan fingerprint density at radius 1 is 0.933 bits per heavy atom. The summed E-state index contributed by atoms with van der Waals surface area (Å²) in [6.45, 7) is 0.936. The maximum atomic E-state index is 12.3. The van der Waals surface area contributed by atoms with Crippen molar-refractivity contribution in [2.24, 2.45) is 0 Å². The van der Waals surface area contributed by atoms with Gasteiger partial charge in [0.25, 0.3) is 0 Å². The van der Waals surface area contributed by atoms with Gasteiger partial charge < -0.3 is 0 Å². The van der Waals surface area contributed by atoms with Crippen LogP contribution < -0.4 is 0 Å². The normalized spacial score (nSPS) is 13.0. The van der Waals surface area contributed by atoms with Crippen LogP contribution in [0.25, 0.3) is 0 Å². The zero-order chi connectivity index (χ0) is 11.9. The molecule has 15 heavy (non-hydrogen) atoms. The van der Waals surface area contributed by atoms with Gasteiger partial charge in [-0.3, -0.25) is 4.98 Å². The van der Waals surface area contributed by atoms with Crippen molar-refractivity contribution in [3.8, 4) is 0 Å². The lowest BCUT2D eigenvalue weighted by Crippen LogP contribution is -2.18. The minimum atomic E-state index is -5.05. The first-order chi connectivity index (χ1) is 6.64. The average Bonchev–Trinajstić information content (AvgIpc) is 1.99. The third kappa shape index (κ3) is 2.40. The second-order valence-corrected chi connectivity index (χ2v) is 2.87. The van der Waals surface area contributed by atoms with Crippen molar-refractivity contribution in [1.29, 1.82) is 0 Å². The molecule has 0 N–H and O–H groups in total. The molecule has 1 aromatic heterocycles. The van der Waals surface area contributed by atoms with Crippen LogP contribution in [0.5, 0.6) is 0 Å². The lowest BCUT2D eigenvalue weighted by Gasteiger charge is -2.16. The van der Waals surface area contributed by atoms with Gasteiger partial charge in [0.1, 0.15) is 0 Å². The van der Waals surface area contributed by atoms with E-state index >= 15 is 0 Å². The van der Waals surface area contributed by atoms with E-state index in [0.717, 1.165) is 13.1 Å². The summed E-state index contributed by atoms with van der Waals surface area (Å²) in [6.07, 6.45) is -9.16. The minimum Gasteiger partial charge on any atom is -0.264 e. The zero-order valence-corrected chi connectivity index (χ0v) is 7.37. The van der Waals surface area contributed by atoms with Crippen molar-refractivity contribution >= 4 is 0 Å². The first-order valence-corrected chi connectivity index (χ1v) is 3.73. The van der Waals surface area contributed by atoms with Gasteiger partial charge in [0.15, 0.2) is 0 Å². The Hall–Kier alpha value is -1.27. The van der Waals surface area contributed by atoms with Gasteiger partial charge in [0.05, 0.1) is 11.1 Å². The molecule has 1 nitrogen and oxygen atoms in total. The van der Waals surface area contributed by atoms with Crippen LogP contribution in [0.1, 0.15) is 16.7 Å². The molecule has 0 radical (unpaired) electrons. The van der Waals surface area contributed by atoms with Crippen molar-refractivity contribution in [2.45, 2.75) is 19.3 Å². The number of halogens is 6. The van der Waals surface area contributed by atoms with E-state index in [9.17, 15) is 26.3 Å². The molecule has 0 aliphatic rings. The Morgan fingerprint density at radius 2 is 1.47 bits per heavy atom. The van der Waals surface area contributed by atoms with Crippen LogP contribution in [0.2, 0.25) is 0 Å². The van der Waals surface area contributed by atoms with Crippen LogP contribution in [0, 0.1) is 6.92 Å². The molecule has 84 valence electrons. The van der Waals surface area contributed by atoms with Crippen molar-refractivity contribution < 1.29 is 26.3 Å². The third-order valence-corrected chi connectivity index (χ3v) is 1.72.